The Morgan fingerprint density at radius 2 is 1.94 bits per heavy atom. The molecule has 1 unspecified atom stereocenters. The first-order chi connectivity index (χ1) is 8.17. The third-order valence-electron chi connectivity index (χ3n) is 2.78. The van der Waals surface area contributed by atoms with E-state index in [1.54, 1.807) is 7.05 Å². The van der Waals surface area contributed by atoms with E-state index in [4.69, 9.17) is 0 Å². The molecule has 0 aliphatic heterocycles. The molecule has 0 aliphatic rings. The van der Waals surface area contributed by atoms with Gasteiger partial charge in [-0.1, -0.05) is 19.8 Å². The lowest BCUT2D eigenvalue weighted by Gasteiger charge is -2.14. The molecule has 0 aliphatic carbocycles. The van der Waals surface area contributed by atoms with E-state index in [-0.39, 0.29) is 5.91 Å². The Morgan fingerprint density at radius 1 is 1.29 bits per heavy atom. The van der Waals surface area contributed by atoms with Crippen LogP contribution in [0.3, 0.4) is 0 Å². The van der Waals surface area contributed by atoms with Gasteiger partial charge in [0.1, 0.15) is 0 Å². The molecule has 3 heteroatoms. The van der Waals surface area contributed by atoms with Gasteiger partial charge >= 0.3 is 0 Å². The van der Waals surface area contributed by atoms with Crippen LogP contribution in [-0.4, -0.2) is 19.0 Å². The predicted molar refractivity (Wildman–Crippen MR) is 72.4 cm³/mol. The van der Waals surface area contributed by atoms with Crippen molar-refractivity contribution in [3.05, 3.63) is 29.8 Å². The second kappa shape index (κ2) is 6.94. The number of amides is 1. The molecule has 0 saturated heterocycles. The molecule has 0 aromatic heterocycles. The molecule has 3 nitrogen and oxygen atoms in total. The van der Waals surface area contributed by atoms with E-state index in [1.807, 2.05) is 24.3 Å². The molecular formula is C14H22N2O. The third kappa shape index (κ3) is 4.47. The van der Waals surface area contributed by atoms with Gasteiger partial charge in [-0.05, 0) is 37.6 Å². The number of anilines is 1. The highest BCUT2D eigenvalue weighted by Gasteiger charge is 2.04. The van der Waals surface area contributed by atoms with Crippen molar-refractivity contribution in [3.63, 3.8) is 0 Å². The summed E-state index contributed by atoms with van der Waals surface area (Å²) >= 11 is 0. The largest absolute Gasteiger partial charge is 0.383 e. The molecule has 1 rings (SSSR count). The summed E-state index contributed by atoms with van der Waals surface area (Å²) in [5.41, 5.74) is 1.76. The minimum Gasteiger partial charge on any atom is -0.383 e. The SMILES string of the molecule is CCCCC(C)Nc1ccc(C(=O)NC)cc1. The number of benzene rings is 1. The van der Waals surface area contributed by atoms with Crippen molar-refractivity contribution in [1.29, 1.82) is 0 Å². The van der Waals surface area contributed by atoms with Gasteiger partial charge < -0.3 is 10.6 Å². The van der Waals surface area contributed by atoms with Crippen molar-refractivity contribution in [1.82, 2.24) is 5.32 Å². The summed E-state index contributed by atoms with van der Waals surface area (Å²) < 4.78 is 0. The quantitative estimate of drug-likeness (QED) is 0.794. The van der Waals surface area contributed by atoms with Gasteiger partial charge in [0.15, 0.2) is 0 Å². The van der Waals surface area contributed by atoms with Gasteiger partial charge in [0.05, 0.1) is 0 Å². The Kier molecular flexibility index (Phi) is 5.53. The van der Waals surface area contributed by atoms with Crippen LogP contribution in [-0.2, 0) is 0 Å². The minimum absolute atomic E-state index is 0.0458. The third-order valence-corrected chi connectivity index (χ3v) is 2.78. The number of carbonyl (C=O) groups is 1. The van der Waals surface area contributed by atoms with Crippen molar-refractivity contribution in [2.75, 3.05) is 12.4 Å². The highest BCUT2D eigenvalue weighted by atomic mass is 16.1. The van der Waals surface area contributed by atoms with Crippen LogP contribution in [0.25, 0.3) is 0 Å². The number of nitrogens with one attached hydrogen (secondary N) is 2. The molecule has 1 atom stereocenters. The maximum absolute atomic E-state index is 11.4. The lowest BCUT2D eigenvalue weighted by molar-refractivity contribution is 0.0963. The normalized spacial score (nSPS) is 11.9. The fourth-order valence-electron chi connectivity index (χ4n) is 1.73. The predicted octanol–water partition coefficient (Wildman–Crippen LogP) is 3.04. The van der Waals surface area contributed by atoms with E-state index in [2.05, 4.69) is 24.5 Å². The number of rotatable bonds is 6. The summed E-state index contributed by atoms with van der Waals surface area (Å²) in [5, 5.41) is 6.04. The van der Waals surface area contributed by atoms with Gasteiger partial charge in [0.2, 0.25) is 0 Å². The Labute approximate surface area is 104 Å². The van der Waals surface area contributed by atoms with Crippen LogP contribution in [0.2, 0.25) is 0 Å². The van der Waals surface area contributed by atoms with Crippen molar-refractivity contribution in [2.45, 2.75) is 39.2 Å². The number of hydrogen-bond donors (Lipinski definition) is 2. The summed E-state index contributed by atoms with van der Waals surface area (Å²) in [4.78, 5) is 11.4. The summed E-state index contributed by atoms with van der Waals surface area (Å²) in [6.07, 6.45) is 3.64. The molecule has 0 spiro atoms. The van der Waals surface area contributed by atoms with Crippen LogP contribution in [0.5, 0.6) is 0 Å². The number of carbonyl (C=O) groups excluding carboxylic acids is 1. The zero-order valence-corrected chi connectivity index (χ0v) is 10.9. The fourth-order valence-corrected chi connectivity index (χ4v) is 1.73. The highest BCUT2D eigenvalue weighted by Crippen LogP contribution is 2.12. The lowest BCUT2D eigenvalue weighted by Crippen LogP contribution is -2.18. The zero-order valence-electron chi connectivity index (χ0n) is 10.9. The van der Waals surface area contributed by atoms with Crippen LogP contribution >= 0.6 is 0 Å². The molecule has 0 radical (unpaired) electrons. The first-order valence-electron chi connectivity index (χ1n) is 6.26. The van der Waals surface area contributed by atoms with Crippen molar-refractivity contribution >= 4 is 11.6 Å². The summed E-state index contributed by atoms with van der Waals surface area (Å²) in [7, 11) is 1.64. The maximum Gasteiger partial charge on any atom is 0.251 e. The van der Waals surface area contributed by atoms with E-state index in [9.17, 15) is 4.79 Å². The fraction of sp³-hybridized carbons (Fsp3) is 0.500. The molecule has 0 heterocycles. The Bertz CT molecular complexity index is 346. The highest BCUT2D eigenvalue weighted by molar-refractivity contribution is 5.94. The molecule has 1 amide bonds. The van der Waals surface area contributed by atoms with E-state index in [0.717, 1.165) is 5.69 Å². The molecule has 17 heavy (non-hydrogen) atoms. The van der Waals surface area contributed by atoms with Gasteiger partial charge in [-0.2, -0.15) is 0 Å². The first kappa shape index (κ1) is 13.6. The van der Waals surface area contributed by atoms with Gasteiger partial charge in [-0.15, -0.1) is 0 Å². The van der Waals surface area contributed by atoms with Crippen LogP contribution in [0.15, 0.2) is 24.3 Å². The standard InChI is InChI=1S/C14H22N2O/c1-4-5-6-11(2)16-13-9-7-12(8-10-13)14(17)15-3/h7-11,16H,4-6H2,1-3H3,(H,15,17). The Balaban J connectivity index is 2.53. The summed E-state index contributed by atoms with van der Waals surface area (Å²) in [6, 6.07) is 8.06. The van der Waals surface area contributed by atoms with Crippen molar-refractivity contribution in [3.8, 4) is 0 Å². The first-order valence-corrected chi connectivity index (χ1v) is 6.26. The van der Waals surface area contributed by atoms with Gasteiger partial charge in [0, 0.05) is 24.3 Å². The van der Waals surface area contributed by atoms with Crippen LogP contribution in [0, 0.1) is 0 Å². The molecule has 0 bridgehead atoms. The topological polar surface area (TPSA) is 41.1 Å². The average molecular weight is 234 g/mol. The average Bonchev–Trinajstić information content (AvgIpc) is 2.36. The number of unbranched alkanes of at least 4 members (excludes halogenated alkanes) is 1. The molecule has 1 aromatic carbocycles. The minimum atomic E-state index is -0.0458. The second-order valence-corrected chi connectivity index (χ2v) is 4.34. The van der Waals surface area contributed by atoms with Crippen molar-refractivity contribution in [2.24, 2.45) is 0 Å². The summed E-state index contributed by atoms with van der Waals surface area (Å²) in [5.74, 6) is -0.0458. The molecule has 2 N–H and O–H groups in total. The maximum atomic E-state index is 11.4. The molecule has 94 valence electrons. The monoisotopic (exact) mass is 234 g/mol. The van der Waals surface area contributed by atoms with E-state index in [0.29, 0.717) is 11.6 Å². The molecule has 0 fully saturated rings. The number of hydrogen-bond acceptors (Lipinski definition) is 2. The van der Waals surface area contributed by atoms with Crippen LogP contribution < -0.4 is 10.6 Å². The van der Waals surface area contributed by atoms with E-state index < -0.39 is 0 Å². The lowest BCUT2D eigenvalue weighted by atomic mass is 10.1. The van der Waals surface area contributed by atoms with Gasteiger partial charge in [0.25, 0.3) is 5.91 Å². The van der Waals surface area contributed by atoms with E-state index >= 15 is 0 Å². The Morgan fingerprint density at radius 3 is 2.47 bits per heavy atom. The van der Waals surface area contributed by atoms with Gasteiger partial charge in [-0.3, -0.25) is 4.79 Å². The van der Waals surface area contributed by atoms with E-state index in [1.165, 1.54) is 19.3 Å². The van der Waals surface area contributed by atoms with Crippen LogP contribution in [0.4, 0.5) is 5.69 Å². The molecular weight excluding hydrogens is 212 g/mol. The Hall–Kier alpha value is -1.51. The van der Waals surface area contributed by atoms with Crippen molar-refractivity contribution < 1.29 is 4.79 Å². The van der Waals surface area contributed by atoms with Gasteiger partial charge in [-0.25, -0.2) is 0 Å². The zero-order chi connectivity index (χ0) is 12.7. The summed E-state index contributed by atoms with van der Waals surface area (Å²) in [6.45, 7) is 4.38. The smallest absolute Gasteiger partial charge is 0.251 e. The van der Waals surface area contributed by atoms with Crippen LogP contribution in [0.1, 0.15) is 43.5 Å². The second-order valence-electron chi connectivity index (χ2n) is 4.34. The molecule has 1 aromatic rings. The molecule has 0 saturated carbocycles.